The van der Waals surface area contributed by atoms with Crippen molar-refractivity contribution in [2.75, 3.05) is 13.1 Å². The van der Waals surface area contributed by atoms with Gasteiger partial charge in [-0.1, -0.05) is 18.2 Å². The van der Waals surface area contributed by atoms with E-state index >= 15 is 0 Å². The summed E-state index contributed by atoms with van der Waals surface area (Å²) in [5, 5.41) is 1.02. The number of fused-ring (bicyclic) bond motifs is 1. The summed E-state index contributed by atoms with van der Waals surface area (Å²) in [6.45, 7) is 5.49. The van der Waals surface area contributed by atoms with Crippen molar-refractivity contribution in [1.29, 1.82) is 0 Å². The predicted octanol–water partition coefficient (Wildman–Crippen LogP) is 2.94. The SMILES string of the molecule is Cc1c(C(=O)N2CCCC(C(C)N)C2)oc2ccccc12. The molecule has 21 heavy (non-hydrogen) atoms. The number of hydrogen-bond acceptors (Lipinski definition) is 3. The van der Waals surface area contributed by atoms with Gasteiger partial charge in [-0.2, -0.15) is 0 Å². The van der Waals surface area contributed by atoms with Gasteiger partial charge < -0.3 is 15.1 Å². The van der Waals surface area contributed by atoms with E-state index in [2.05, 4.69) is 0 Å². The number of rotatable bonds is 2. The Bertz CT molecular complexity index is 660. The second-order valence-electron chi connectivity index (χ2n) is 6.06. The third-order valence-corrected chi connectivity index (χ3v) is 4.53. The monoisotopic (exact) mass is 286 g/mol. The van der Waals surface area contributed by atoms with Crippen LogP contribution in [0.5, 0.6) is 0 Å². The van der Waals surface area contributed by atoms with Crippen LogP contribution in [0.15, 0.2) is 28.7 Å². The summed E-state index contributed by atoms with van der Waals surface area (Å²) in [6.07, 6.45) is 2.11. The molecular formula is C17H22N2O2. The molecule has 1 aromatic carbocycles. The Morgan fingerprint density at radius 1 is 1.43 bits per heavy atom. The minimum absolute atomic E-state index is 0.00551. The lowest BCUT2D eigenvalue weighted by Crippen LogP contribution is -2.45. The molecule has 0 bridgehead atoms. The number of nitrogens with zero attached hydrogens (tertiary/aromatic N) is 1. The number of carbonyl (C=O) groups excluding carboxylic acids is 1. The number of hydrogen-bond donors (Lipinski definition) is 1. The number of amides is 1. The van der Waals surface area contributed by atoms with Gasteiger partial charge in [-0.15, -0.1) is 0 Å². The summed E-state index contributed by atoms with van der Waals surface area (Å²) in [5.74, 6) is 0.850. The Morgan fingerprint density at radius 3 is 2.90 bits per heavy atom. The van der Waals surface area contributed by atoms with Gasteiger partial charge in [0.05, 0.1) is 0 Å². The first-order chi connectivity index (χ1) is 10.1. The summed E-state index contributed by atoms with van der Waals surface area (Å²) in [7, 11) is 0. The molecule has 1 aromatic heterocycles. The molecule has 2 atom stereocenters. The fraction of sp³-hybridized carbons (Fsp3) is 0.471. The first-order valence-electron chi connectivity index (χ1n) is 7.61. The number of nitrogens with two attached hydrogens (primary N) is 1. The molecule has 1 amide bonds. The second-order valence-corrected chi connectivity index (χ2v) is 6.06. The van der Waals surface area contributed by atoms with Gasteiger partial charge in [-0.05, 0) is 38.7 Å². The molecule has 0 spiro atoms. The number of benzene rings is 1. The summed E-state index contributed by atoms with van der Waals surface area (Å²) in [4.78, 5) is 14.6. The van der Waals surface area contributed by atoms with Crippen molar-refractivity contribution < 1.29 is 9.21 Å². The Hall–Kier alpha value is -1.81. The van der Waals surface area contributed by atoms with E-state index in [9.17, 15) is 4.79 Å². The van der Waals surface area contributed by atoms with Crippen molar-refractivity contribution in [1.82, 2.24) is 4.90 Å². The molecular weight excluding hydrogens is 264 g/mol. The van der Waals surface area contributed by atoms with Crippen molar-refractivity contribution >= 4 is 16.9 Å². The topological polar surface area (TPSA) is 59.5 Å². The van der Waals surface area contributed by atoms with Crippen molar-refractivity contribution in [3.63, 3.8) is 0 Å². The van der Waals surface area contributed by atoms with E-state index in [0.29, 0.717) is 11.7 Å². The molecule has 112 valence electrons. The maximum atomic E-state index is 12.7. The van der Waals surface area contributed by atoms with E-state index in [4.69, 9.17) is 10.2 Å². The zero-order chi connectivity index (χ0) is 15.0. The van der Waals surface area contributed by atoms with Gasteiger partial charge in [0, 0.05) is 30.1 Å². The van der Waals surface area contributed by atoms with Gasteiger partial charge in [0.2, 0.25) is 0 Å². The highest BCUT2D eigenvalue weighted by molar-refractivity contribution is 5.98. The molecule has 1 aliphatic heterocycles. The van der Waals surface area contributed by atoms with Crippen LogP contribution in [-0.2, 0) is 0 Å². The van der Waals surface area contributed by atoms with Gasteiger partial charge in [-0.25, -0.2) is 0 Å². The molecule has 1 aliphatic rings. The highest BCUT2D eigenvalue weighted by Gasteiger charge is 2.29. The highest BCUT2D eigenvalue weighted by Crippen LogP contribution is 2.27. The largest absolute Gasteiger partial charge is 0.451 e. The van der Waals surface area contributed by atoms with E-state index in [-0.39, 0.29) is 11.9 Å². The van der Waals surface area contributed by atoms with Crippen molar-refractivity contribution in [3.8, 4) is 0 Å². The van der Waals surface area contributed by atoms with Crippen LogP contribution in [0.4, 0.5) is 0 Å². The van der Waals surface area contributed by atoms with E-state index in [0.717, 1.165) is 42.5 Å². The summed E-state index contributed by atoms with van der Waals surface area (Å²) >= 11 is 0. The Kier molecular flexibility index (Phi) is 3.72. The van der Waals surface area contributed by atoms with Crippen LogP contribution in [0.3, 0.4) is 0 Å². The van der Waals surface area contributed by atoms with E-state index in [1.54, 1.807) is 0 Å². The number of furan rings is 1. The number of likely N-dealkylation sites (tertiary alicyclic amines) is 1. The molecule has 1 saturated heterocycles. The summed E-state index contributed by atoms with van der Waals surface area (Å²) < 4.78 is 5.79. The molecule has 2 heterocycles. The first kappa shape index (κ1) is 14.1. The molecule has 2 N–H and O–H groups in total. The Morgan fingerprint density at radius 2 is 2.19 bits per heavy atom. The lowest BCUT2D eigenvalue weighted by molar-refractivity contribution is 0.0630. The number of aryl methyl sites for hydroxylation is 1. The van der Waals surface area contributed by atoms with Crippen molar-refractivity contribution in [3.05, 3.63) is 35.6 Å². The molecule has 4 heteroatoms. The molecule has 2 aromatic rings. The normalized spacial score (nSPS) is 20.7. The molecule has 1 fully saturated rings. The minimum atomic E-state index is -0.00551. The lowest BCUT2D eigenvalue weighted by Gasteiger charge is -2.34. The fourth-order valence-electron chi connectivity index (χ4n) is 3.15. The van der Waals surface area contributed by atoms with Gasteiger partial charge >= 0.3 is 0 Å². The first-order valence-corrected chi connectivity index (χ1v) is 7.61. The molecule has 0 saturated carbocycles. The maximum absolute atomic E-state index is 12.7. The molecule has 0 radical (unpaired) electrons. The zero-order valence-corrected chi connectivity index (χ0v) is 12.6. The average Bonchev–Trinajstić information content (AvgIpc) is 2.84. The Labute approximate surface area is 124 Å². The summed E-state index contributed by atoms with van der Waals surface area (Å²) in [6, 6.07) is 7.90. The van der Waals surface area contributed by atoms with Crippen LogP contribution in [0, 0.1) is 12.8 Å². The van der Waals surface area contributed by atoms with Crippen LogP contribution >= 0.6 is 0 Å². The van der Waals surface area contributed by atoms with Gasteiger partial charge in [0.25, 0.3) is 5.91 Å². The third kappa shape index (κ3) is 2.56. The van der Waals surface area contributed by atoms with E-state index in [1.165, 1.54) is 0 Å². The van der Waals surface area contributed by atoms with Crippen LogP contribution < -0.4 is 5.73 Å². The molecule has 0 aliphatic carbocycles. The van der Waals surface area contributed by atoms with E-state index in [1.807, 2.05) is 43.0 Å². The maximum Gasteiger partial charge on any atom is 0.289 e. The fourth-order valence-corrected chi connectivity index (χ4v) is 3.15. The number of para-hydroxylation sites is 1. The van der Waals surface area contributed by atoms with Crippen LogP contribution in [-0.4, -0.2) is 29.9 Å². The molecule has 3 rings (SSSR count). The van der Waals surface area contributed by atoms with Crippen molar-refractivity contribution in [2.24, 2.45) is 11.7 Å². The van der Waals surface area contributed by atoms with Gasteiger partial charge in [-0.3, -0.25) is 4.79 Å². The minimum Gasteiger partial charge on any atom is -0.451 e. The van der Waals surface area contributed by atoms with Crippen LogP contribution in [0.25, 0.3) is 11.0 Å². The zero-order valence-electron chi connectivity index (χ0n) is 12.6. The molecule has 2 unspecified atom stereocenters. The van der Waals surface area contributed by atoms with Crippen LogP contribution in [0.1, 0.15) is 35.9 Å². The second kappa shape index (κ2) is 5.53. The lowest BCUT2D eigenvalue weighted by atomic mass is 9.92. The molecule has 4 nitrogen and oxygen atoms in total. The van der Waals surface area contributed by atoms with Gasteiger partial charge in [0.1, 0.15) is 5.58 Å². The summed E-state index contributed by atoms with van der Waals surface area (Å²) in [5.41, 5.74) is 7.70. The van der Waals surface area contributed by atoms with Gasteiger partial charge in [0.15, 0.2) is 5.76 Å². The quantitative estimate of drug-likeness (QED) is 0.923. The van der Waals surface area contributed by atoms with E-state index < -0.39 is 0 Å². The Balaban J connectivity index is 1.88. The third-order valence-electron chi connectivity index (χ3n) is 4.53. The van der Waals surface area contributed by atoms with Crippen LogP contribution in [0.2, 0.25) is 0 Å². The number of carbonyl (C=O) groups is 1. The highest BCUT2D eigenvalue weighted by atomic mass is 16.3. The van der Waals surface area contributed by atoms with Crippen molar-refractivity contribution in [2.45, 2.75) is 32.7 Å². The standard InChI is InChI=1S/C17H22N2O2/c1-11-14-7-3-4-8-15(14)21-16(11)17(20)19-9-5-6-13(10-19)12(2)18/h3-4,7-8,12-13H,5-6,9-10,18H2,1-2H3. The number of piperidine rings is 1. The smallest absolute Gasteiger partial charge is 0.289 e. The average molecular weight is 286 g/mol. The predicted molar refractivity (Wildman–Crippen MR) is 83.2 cm³/mol.